The predicted octanol–water partition coefficient (Wildman–Crippen LogP) is 4.77. The molecule has 0 saturated carbocycles. The molecule has 2 aliphatic heterocycles. The fourth-order valence-corrected chi connectivity index (χ4v) is 7.30. The van der Waals surface area contributed by atoms with Crippen LogP contribution in [0.25, 0.3) is 10.2 Å². The molecule has 0 bridgehead atoms. The molecule has 0 radical (unpaired) electrons. The maximum Gasteiger partial charge on any atom is 0.233 e. The van der Waals surface area contributed by atoms with Crippen LogP contribution in [0, 0.1) is 0 Å². The first-order chi connectivity index (χ1) is 16.7. The highest BCUT2D eigenvalue weighted by Gasteiger charge is 2.31. The fraction of sp³-hybridized carbons (Fsp3) is 0.480. The number of fused-ring (bicyclic) bond motifs is 4. The van der Waals surface area contributed by atoms with Crippen molar-refractivity contribution in [2.75, 3.05) is 31.2 Å². The Hall–Kier alpha value is -2.52. The molecule has 6 rings (SSSR count). The summed E-state index contributed by atoms with van der Waals surface area (Å²) in [5, 5.41) is 1.62. The number of nitrogens with zero attached hydrogens (tertiary/aromatic N) is 3. The third kappa shape index (κ3) is 4.09. The molecular formula is C25H28N4O3S2. The maximum atomic E-state index is 13.2. The first-order valence-corrected chi connectivity index (χ1v) is 13.9. The van der Waals surface area contributed by atoms with E-state index in [1.165, 1.54) is 35.0 Å². The van der Waals surface area contributed by atoms with Gasteiger partial charge in [0.2, 0.25) is 5.91 Å². The van der Waals surface area contributed by atoms with E-state index in [1.54, 1.807) is 11.3 Å². The third-order valence-corrected chi connectivity index (χ3v) is 8.89. The molecule has 1 fully saturated rings. The summed E-state index contributed by atoms with van der Waals surface area (Å²) in [7, 11) is 0. The lowest BCUT2D eigenvalue weighted by atomic mass is 9.97. The summed E-state index contributed by atoms with van der Waals surface area (Å²) in [6.07, 6.45) is 7.41. The van der Waals surface area contributed by atoms with Gasteiger partial charge in [0.1, 0.15) is 10.6 Å². The van der Waals surface area contributed by atoms with Crippen LogP contribution in [0.15, 0.2) is 23.4 Å². The fourth-order valence-electron chi connectivity index (χ4n) is 5.24. The average molecular weight is 497 g/mol. The number of ether oxygens (including phenoxy) is 2. The Kier molecular flexibility index (Phi) is 5.99. The Morgan fingerprint density at radius 3 is 2.88 bits per heavy atom. The van der Waals surface area contributed by atoms with Crippen LogP contribution < -0.4 is 15.2 Å². The number of nitrogen functional groups attached to an aromatic ring is 1. The number of nitrogens with two attached hydrogens (primary N) is 1. The van der Waals surface area contributed by atoms with Gasteiger partial charge < -0.3 is 20.1 Å². The molecule has 1 amide bonds. The Balaban J connectivity index is 1.17. The van der Waals surface area contributed by atoms with E-state index in [1.807, 2.05) is 17.0 Å². The number of thiophene rings is 1. The number of thioether (sulfide) groups is 1. The summed E-state index contributed by atoms with van der Waals surface area (Å²) in [6, 6.07) is 6.13. The average Bonchev–Trinajstić information content (AvgIpc) is 3.41. The molecule has 4 heterocycles. The molecule has 1 aliphatic carbocycles. The summed E-state index contributed by atoms with van der Waals surface area (Å²) in [5.41, 5.74) is 8.79. The number of aromatic nitrogens is 2. The summed E-state index contributed by atoms with van der Waals surface area (Å²) < 4.78 is 11.6. The van der Waals surface area contributed by atoms with Crippen molar-refractivity contribution >= 4 is 45.0 Å². The second kappa shape index (κ2) is 9.26. The minimum atomic E-state index is 0.0581. The van der Waals surface area contributed by atoms with Crippen LogP contribution >= 0.6 is 23.1 Å². The van der Waals surface area contributed by atoms with Crippen molar-refractivity contribution in [3.8, 4) is 11.5 Å². The molecule has 0 spiro atoms. The van der Waals surface area contributed by atoms with Gasteiger partial charge in [-0.3, -0.25) is 4.79 Å². The molecule has 1 atom stereocenters. The van der Waals surface area contributed by atoms with Gasteiger partial charge in [0.05, 0.1) is 30.4 Å². The molecule has 3 aliphatic rings. The summed E-state index contributed by atoms with van der Waals surface area (Å²) in [4.78, 5) is 26.9. The van der Waals surface area contributed by atoms with Crippen LogP contribution in [-0.2, 0) is 17.6 Å². The summed E-state index contributed by atoms with van der Waals surface area (Å²) in [5.74, 6) is 2.52. The van der Waals surface area contributed by atoms with Crippen LogP contribution in [0.2, 0.25) is 0 Å². The Morgan fingerprint density at radius 1 is 1.12 bits per heavy atom. The van der Waals surface area contributed by atoms with Gasteiger partial charge in [0.25, 0.3) is 0 Å². The van der Waals surface area contributed by atoms with Crippen LogP contribution in [0.1, 0.15) is 54.1 Å². The summed E-state index contributed by atoms with van der Waals surface area (Å²) >= 11 is 3.12. The summed E-state index contributed by atoms with van der Waals surface area (Å²) in [6.45, 7) is 2.09. The van der Waals surface area contributed by atoms with Crippen LogP contribution in [0.3, 0.4) is 0 Å². The second-order valence-electron chi connectivity index (χ2n) is 9.07. The van der Waals surface area contributed by atoms with Crippen LogP contribution in [0.4, 0.5) is 5.82 Å². The number of carbonyl (C=O) groups excluding carboxylic acids is 1. The van der Waals surface area contributed by atoms with E-state index in [0.717, 1.165) is 65.9 Å². The maximum absolute atomic E-state index is 13.2. The second-order valence-corrected chi connectivity index (χ2v) is 11.1. The lowest BCUT2D eigenvalue weighted by Crippen LogP contribution is -2.32. The lowest BCUT2D eigenvalue weighted by Gasteiger charge is -2.25. The van der Waals surface area contributed by atoms with E-state index in [4.69, 9.17) is 20.2 Å². The molecule has 2 N–H and O–H groups in total. The van der Waals surface area contributed by atoms with E-state index >= 15 is 0 Å². The van der Waals surface area contributed by atoms with Crippen molar-refractivity contribution in [2.24, 2.45) is 0 Å². The van der Waals surface area contributed by atoms with Gasteiger partial charge >= 0.3 is 0 Å². The Bertz CT molecular complexity index is 1240. The van der Waals surface area contributed by atoms with Crippen molar-refractivity contribution in [3.63, 3.8) is 0 Å². The molecule has 34 heavy (non-hydrogen) atoms. The zero-order valence-corrected chi connectivity index (χ0v) is 20.7. The van der Waals surface area contributed by atoms with E-state index in [2.05, 4.69) is 11.1 Å². The van der Waals surface area contributed by atoms with Crippen molar-refractivity contribution in [1.29, 1.82) is 0 Å². The smallest absolute Gasteiger partial charge is 0.233 e. The SMILES string of the molecule is Nc1nc(SCC(=O)N2CCC[C@@H]2c2ccc3c(c2)OCCCO3)nc2sc3c(c12)CCCC3. The molecule has 1 aromatic carbocycles. The van der Waals surface area contributed by atoms with Gasteiger partial charge in [-0.15, -0.1) is 11.3 Å². The molecule has 9 heteroatoms. The minimum Gasteiger partial charge on any atom is -0.490 e. The highest BCUT2D eigenvalue weighted by Crippen LogP contribution is 2.40. The zero-order chi connectivity index (χ0) is 23.1. The van der Waals surface area contributed by atoms with E-state index in [-0.39, 0.29) is 11.9 Å². The number of hydrogen-bond acceptors (Lipinski definition) is 8. The van der Waals surface area contributed by atoms with Gasteiger partial charge in [0.15, 0.2) is 16.7 Å². The highest BCUT2D eigenvalue weighted by molar-refractivity contribution is 7.99. The number of likely N-dealkylation sites (tertiary alicyclic amines) is 1. The molecule has 0 unspecified atom stereocenters. The molecule has 3 aromatic rings. The van der Waals surface area contributed by atoms with Gasteiger partial charge in [-0.2, -0.15) is 0 Å². The molecular weight excluding hydrogens is 468 g/mol. The number of rotatable bonds is 4. The lowest BCUT2D eigenvalue weighted by molar-refractivity contribution is -0.129. The monoisotopic (exact) mass is 496 g/mol. The molecule has 2 aromatic heterocycles. The number of hydrogen-bond donors (Lipinski definition) is 1. The van der Waals surface area contributed by atoms with Gasteiger partial charge in [-0.1, -0.05) is 17.8 Å². The van der Waals surface area contributed by atoms with E-state index in [0.29, 0.717) is 29.9 Å². The topological polar surface area (TPSA) is 90.6 Å². The molecule has 178 valence electrons. The van der Waals surface area contributed by atoms with Gasteiger partial charge in [0, 0.05) is 17.8 Å². The van der Waals surface area contributed by atoms with Gasteiger partial charge in [-0.25, -0.2) is 9.97 Å². The molecule has 7 nitrogen and oxygen atoms in total. The van der Waals surface area contributed by atoms with E-state index in [9.17, 15) is 4.79 Å². The minimum absolute atomic E-state index is 0.0581. The van der Waals surface area contributed by atoms with Crippen LogP contribution in [-0.4, -0.2) is 46.3 Å². The molecule has 1 saturated heterocycles. The highest BCUT2D eigenvalue weighted by atomic mass is 32.2. The Labute approximate surface area is 207 Å². The van der Waals surface area contributed by atoms with E-state index < -0.39 is 0 Å². The zero-order valence-electron chi connectivity index (χ0n) is 19.0. The number of amides is 1. The van der Waals surface area contributed by atoms with Gasteiger partial charge in [-0.05, 0) is 61.8 Å². The quantitative estimate of drug-likeness (QED) is 0.411. The standard InChI is InChI=1S/C25H28N4O3S2/c26-23-22-16-5-1-2-7-20(16)34-24(22)28-25(27-23)33-14-21(30)29-10-3-6-17(29)15-8-9-18-19(13-15)32-12-4-11-31-18/h8-9,13,17H,1-7,10-12,14H2,(H2,26,27,28)/t17-/m1/s1. The number of aryl methyl sites for hydroxylation is 2. The van der Waals surface area contributed by atoms with Crippen molar-refractivity contribution < 1.29 is 14.3 Å². The number of benzene rings is 1. The first-order valence-electron chi connectivity index (χ1n) is 12.1. The predicted molar refractivity (Wildman–Crippen MR) is 135 cm³/mol. The van der Waals surface area contributed by atoms with Crippen molar-refractivity contribution in [1.82, 2.24) is 14.9 Å². The van der Waals surface area contributed by atoms with Crippen molar-refractivity contribution in [2.45, 2.75) is 56.1 Å². The number of carbonyl (C=O) groups is 1. The first kappa shape index (κ1) is 22.0. The largest absolute Gasteiger partial charge is 0.490 e. The van der Waals surface area contributed by atoms with Crippen LogP contribution in [0.5, 0.6) is 11.5 Å². The normalized spacial score (nSPS) is 19.8. The van der Waals surface area contributed by atoms with Crippen molar-refractivity contribution in [3.05, 3.63) is 34.2 Å². The Morgan fingerprint density at radius 2 is 1.97 bits per heavy atom. The third-order valence-electron chi connectivity index (χ3n) is 6.88. The number of anilines is 1.